The Kier molecular flexibility index (Phi) is 2.15. The predicted molar refractivity (Wildman–Crippen MR) is 61.8 cm³/mol. The van der Waals surface area contributed by atoms with Crippen molar-refractivity contribution in [1.29, 1.82) is 0 Å². The fourth-order valence-electron chi connectivity index (χ4n) is 3.86. The van der Waals surface area contributed by atoms with Crippen LogP contribution in [0.2, 0.25) is 0 Å². The maximum absolute atomic E-state index is 12.6. The fourth-order valence-corrected chi connectivity index (χ4v) is 3.86. The Bertz CT molecular complexity index is 489. The maximum atomic E-state index is 12.6. The molecule has 0 aromatic rings. The minimum Gasteiger partial charge on any atom is -0.469 e. The minimum atomic E-state index is -0.791. The van der Waals surface area contributed by atoms with Crippen molar-refractivity contribution in [2.24, 2.45) is 11.8 Å². The van der Waals surface area contributed by atoms with E-state index in [0.29, 0.717) is 13.2 Å². The van der Waals surface area contributed by atoms with Crippen molar-refractivity contribution in [3.63, 3.8) is 0 Å². The zero-order valence-corrected chi connectivity index (χ0v) is 10.6. The molecule has 2 bridgehead atoms. The standard InChI is InChI=1S/C13H15NO5/c1-17-11(16)8-7-3-4-13(19-7)9(8)10(15)14-5-2-6-18-12(13)14/h3-4,7-9,12H,2,5-6H2,1H3/t7-,8-,9-,12+,13-/m0/s1. The van der Waals surface area contributed by atoms with Gasteiger partial charge in [0.05, 0.1) is 25.7 Å². The molecule has 4 aliphatic heterocycles. The van der Waals surface area contributed by atoms with Crippen LogP contribution in [0.1, 0.15) is 6.42 Å². The number of carbonyl (C=O) groups excluding carboxylic acids is 2. The van der Waals surface area contributed by atoms with Crippen molar-refractivity contribution in [1.82, 2.24) is 4.90 Å². The monoisotopic (exact) mass is 265 g/mol. The molecule has 6 nitrogen and oxygen atoms in total. The number of rotatable bonds is 1. The van der Waals surface area contributed by atoms with Crippen molar-refractivity contribution in [3.05, 3.63) is 12.2 Å². The zero-order valence-electron chi connectivity index (χ0n) is 10.6. The van der Waals surface area contributed by atoms with Crippen LogP contribution in [0.3, 0.4) is 0 Å². The average molecular weight is 265 g/mol. The van der Waals surface area contributed by atoms with Gasteiger partial charge in [0.1, 0.15) is 11.5 Å². The summed E-state index contributed by atoms with van der Waals surface area (Å²) < 4.78 is 16.5. The molecule has 0 aliphatic carbocycles. The van der Waals surface area contributed by atoms with Gasteiger partial charge in [-0.2, -0.15) is 0 Å². The maximum Gasteiger partial charge on any atom is 0.312 e. The number of amides is 1. The van der Waals surface area contributed by atoms with E-state index in [-0.39, 0.29) is 18.0 Å². The molecule has 4 rings (SSSR count). The van der Waals surface area contributed by atoms with Gasteiger partial charge < -0.3 is 19.1 Å². The van der Waals surface area contributed by atoms with E-state index in [4.69, 9.17) is 14.2 Å². The Balaban J connectivity index is 1.79. The Morgan fingerprint density at radius 1 is 1.58 bits per heavy atom. The van der Waals surface area contributed by atoms with Crippen LogP contribution in [-0.4, -0.2) is 55.0 Å². The first-order chi connectivity index (χ1) is 9.19. The smallest absolute Gasteiger partial charge is 0.312 e. The van der Waals surface area contributed by atoms with Gasteiger partial charge >= 0.3 is 5.97 Å². The summed E-state index contributed by atoms with van der Waals surface area (Å²) in [5.74, 6) is -1.48. The van der Waals surface area contributed by atoms with Crippen LogP contribution in [0.15, 0.2) is 12.2 Å². The number of carbonyl (C=O) groups is 2. The molecule has 4 heterocycles. The quantitative estimate of drug-likeness (QED) is 0.480. The van der Waals surface area contributed by atoms with E-state index < -0.39 is 23.7 Å². The molecule has 0 radical (unpaired) electrons. The lowest BCUT2D eigenvalue weighted by Crippen LogP contribution is -2.49. The Hall–Kier alpha value is -1.40. The Morgan fingerprint density at radius 2 is 2.42 bits per heavy atom. The lowest BCUT2D eigenvalue weighted by Gasteiger charge is -2.36. The first-order valence-electron chi connectivity index (χ1n) is 6.56. The van der Waals surface area contributed by atoms with Gasteiger partial charge in [0, 0.05) is 6.54 Å². The predicted octanol–water partition coefficient (Wildman–Crippen LogP) is -0.312. The molecule has 0 aromatic heterocycles. The summed E-state index contributed by atoms with van der Waals surface area (Å²) in [5, 5.41) is 0. The highest BCUT2D eigenvalue weighted by molar-refractivity contribution is 5.91. The molecule has 1 amide bonds. The molecule has 102 valence electrons. The highest BCUT2D eigenvalue weighted by atomic mass is 16.6. The number of hydrogen-bond acceptors (Lipinski definition) is 5. The van der Waals surface area contributed by atoms with Gasteiger partial charge in [-0.25, -0.2) is 0 Å². The molecular formula is C13H15NO5. The highest BCUT2D eigenvalue weighted by Crippen LogP contribution is 2.55. The summed E-state index contributed by atoms with van der Waals surface area (Å²) in [6.45, 7) is 1.28. The molecule has 0 saturated carbocycles. The number of fused-ring (bicyclic) bond motifs is 2. The summed E-state index contributed by atoms with van der Waals surface area (Å²) in [7, 11) is 1.34. The number of methoxy groups -OCH3 is 1. The van der Waals surface area contributed by atoms with Gasteiger partial charge in [-0.05, 0) is 12.5 Å². The normalized spacial score (nSPS) is 46.4. The highest BCUT2D eigenvalue weighted by Gasteiger charge is 2.72. The number of hydrogen-bond donors (Lipinski definition) is 0. The van der Waals surface area contributed by atoms with Crippen LogP contribution in [0, 0.1) is 11.8 Å². The molecule has 1 spiro atoms. The summed E-state index contributed by atoms with van der Waals surface area (Å²) in [6, 6.07) is 0. The molecule has 0 aromatic carbocycles. The van der Waals surface area contributed by atoms with Crippen LogP contribution < -0.4 is 0 Å². The Morgan fingerprint density at radius 3 is 3.21 bits per heavy atom. The first-order valence-corrected chi connectivity index (χ1v) is 6.56. The second-order valence-electron chi connectivity index (χ2n) is 5.43. The van der Waals surface area contributed by atoms with Crippen LogP contribution in [0.5, 0.6) is 0 Å². The third-order valence-electron chi connectivity index (χ3n) is 4.60. The van der Waals surface area contributed by atoms with Crippen molar-refractivity contribution in [2.45, 2.75) is 24.4 Å². The summed E-state index contributed by atoms with van der Waals surface area (Å²) in [4.78, 5) is 26.2. The van der Waals surface area contributed by atoms with E-state index in [2.05, 4.69) is 0 Å². The molecule has 4 aliphatic rings. The summed E-state index contributed by atoms with van der Waals surface area (Å²) >= 11 is 0. The van der Waals surface area contributed by atoms with Crippen LogP contribution in [0.25, 0.3) is 0 Å². The van der Waals surface area contributed by atoms with Crippen molar-refractivity contribution in [2.75, 3.05) is 20.3 Å². The SMILES string of the molecule is COC(=O)[C@H]1[C@@H]2C=C[C@]3(O2)[C@@H]1C(=O)N1CCCO[C@@H]13. The Labute approximate surface area is 110 Å². The van der Waals surface area contributed by atoms with E-state index in [1.54, 1.807) is 4.90 Å². The third kappa shape index (κ3) is 1.19. The van der Waals surface area contributed by atoms with Crippen LogP contribution in [0.4, 0.5) is 0 Å². The molecule has 3 saturated heterocycles. The molecule has 0 N–H and O–H groups in total. The summed E-state index contributed by atoms with van der Waals surface area (Å²) in [6.07, 6.45) is 3.81. The molecular weight excluding hydrogens is 250 g/mol. The second-order valence-corrected chi connectivity index (χ2v) is 5.43. The molecule has 0 unspecified atom stereocenters. The van der Waals surface area contributed by atoms with E-state index in [0.717, 1.165) is 6.42 Å². The average Bonchev–Trinajstić information content (AvgIpc) is 3.08. The number of ether oxygens (including phenoxy) is 3. The topological polar surface area (TPSA) is 65.1 Å². The lowest BCUT2D eigenvalue weighted by atomic mass is 9.76. The molecule has 5 atom stereocenters. The lowest BCUT2D eigenvalue weighted by molar-refractivity contribution is -0.168. The van der Waals surface area contributed by atoms with Gasteiger partial charge in [-0.15, -0.1) is 0 Å². The van der Waals surface area contributed by atoms with Crippen LogP contribution in [-0.2, 0) is 23.8 Å². The second kappa shape index (κ2) is 3.58. The van der Waals surface area contributed by atoms with Gasteiger partial charge in [0.25, 0.3) is 0 Å². The van der Waals surface area contributed by atoms with Crippen molar-refractivity contribution in [3.8, 4) is 0 Å². The first kappa shape index (κ1) is 11.4. The molecule has 6 heteroatoms. The zero-order chi connectivity index (χ0) is 13.2. The van der Waals surface area contributed by atoms with Crippen LogP contribution >= 0.6 is 0 Å². The summed E-state index contributed by atoms with van der Waals surface area (Å²) in [5.41, 5.74) is -0.791. The van der Waals surface area contributed by atoms with Gasteiger partial charge in [0.2, 0.25) is 5.91 Å². The van der Waals surface area contributed by atoms with Gasteiger partial charge in [0.15, 0.2) is 6.23 Å². The van der Waals surface area contributed by atoms with Gasteiger partial charge in [-0.1, -0.05) is 6.08 Å². The van der Waals surface area contributed by atoms with Crippen molar-refractivity contribution >= 4 is 11.9 Å². The van der Waals surface area contributed by atoms with E-state index in [9.17, 15) is 9.59 Å². The van der Waals surface area contributed by atoms with Crippen molar-refractivity contribution < 1.29 is 23.8 Å². The van der Waals surface area contributed by atoms with E-state index >= 15 is 0 Å². The third-order valence-corrected chi connectivity index (χ3v) is 4.60. The molecule has 19 heavy (non-hydrogen) atoms. The van der Waals surface area contributed by atoms with Gasteiger partial charge in [-0.3, -0.25) is 9.59 Å². The number of esters is 1. The van der Waals surface area contributed by atoms with E-state index in [1.807, 2.05) is 12.2 Å². The largest absolute Gasteiger partial charge is 0.469 e. The number of nitrogens with zero attached hydrogens (tertiary/aromatic N) is 1. The molecule has 3 fully saturated rings. The minimum absolute atomic E-state index is 0.0491. The van der Waals surface area contributed by atoms with E-state index in [1.165, 1.54) is 7.11 Å². The fraction of sp³-hybridized carbons (Fsp3) is 0.692.